The number of nitrogen functional groups attached to an aromatic ring is 1. The number of likely N-dealkylation sites (tertiary alicyclic amines) is 1. The van der Waals surface area contributed by atoms with E-state index in [9.17, 15) is 9.90 Å². The fraction of sp³-hybridized carbons (Fsp3) is 0.452. The molecule has 39 heavy (non-hydrogen) atoms. The number of para-hydroxylation sites is 1. The Labute approximate surface area is 232 Å². The van der Waals surface area contributed by atoms with Gasteiger partial charge in [0.1, 0.15) is 17.7 Å². The van der Waals surface area contributed by atoms with E-state index in [4.69, 9.17) is 10.5 Å². The number of hydrogen-bond donors (Lipinski definition) is 3. The molecule has 0 atom stereocenters. The summed E-state index contributed by atoms with van der Waals surface area (Å²) in [6.45, 7) is 14.1. The minimum Gasteiger partial charge on any atom is -0.507 e. The Morgan fingerprint density at radius 3 is 2.33 bits per heavy atom. The number of aromatic nitrogens is 2. The normalized spacial score (nSPS) is 15.2. The number of nitrogens with one attached hydrogen (secondary N) is 1. The largest absolute Gasteiger partial charge is 0.507 e. The Bertz CT molecular complexity index is 1170. The van der Waals surface area contributed by atoms with E-state index in [0.717, 1.165) is 45.3 Å². The minimum atomic E-state index is 0.143. The molecular weight excluding hydrogens is 490 g/mol. The number of nitrogens with zero attached hydrogens (tertiary/aromatic N) is 3. The molecule has 8 heteroatoms. The van der Waals surface area contributed by atoms with Gasteiger partial charge in [0.25, 0.3) is 0 Å². The van der Waals surface area contributed by atoms with Gasteiger partial charge >= 0.3 is 0 Å². The first kappa shape index (κ1) is 30.1. The third-order valence-electron chi connectivity index (χ3n) is 6.73. The molecule has 2 aliphatic heterocycles. The number of aromatic hydroxyl groups is 1. The lowest BCUT2D eigenvalue weighted by molar-refractivity contribution is -0.113. The van der Waals surface area contributed by atoms with Crippen molar-refractivity contribution in [3.63, 3.8) is 0 Å². The van der Waals surface area contributed by atoms with Gasteiger partial charge in [0.05, 0.1) is 13.2 Å². The molecule has 1 aromatic heterocycles. The monoisotopic (exact) mass is 533 g/mol. The first-order chi connectivity index (χ1) is 18.9. The molecular formula is C31H43N5O3. The maximum atomic E-state index is 10.1. The topological polar surface area (TPSA) is 114 Å². The van der Waals surface area contributed by atoms with Gasteiger partial charge in [0, 0.05) is 49.6 Å². The molecule has 2 aliphatic rings. The van der Waals surface area contributed by atoms with Crippen molar-refractivity contribution in [1.82, 2.24) is 20.4 Å². The number of benzene rings is 2. The lowest BCUT2D eigenvalue weighted by Gasteiger charge is -2.55. The van der Waals surface area contributed by atoms with Crippen LogP contribution in [0.1, 0.15) is 38.8 Å². The van der Waals surface area contributed by atoms with Crippen molar-refractivity contribution in [1.29, 1.82) is 0 Å². The number of nitrogens with two attached hydrogens (primary N) is 1. The van der Waals surface area contributed by atoms with Gasteiger partial charge in [-0.25, -0.2) is 0 Å². The van der Waals surface area contributed by atoms with E-state index in [-0.39, 0.29) is 11.6 Å². The molecule has 4 N–H and O–H groups in total. The van der Waals surface area contributed by atoms with Crippen molar-refractivity contribution in [3.8, 4) is 22.8 Å². The molecule has 3 aromatic rings. The number of ether oxygens (including phenoxy) is 1. The zero-order chi connectivity index (χ0) is 28.3. The summed E-state index contributed by atoms with van der Waals surface area (Å²) in [6, 6.07) is 17.3. The van der Waals surface area contributed by atoms with Gasteiger partial charge in [-0.2, -0.15) is 0 Å². The Balaban J connectivity index is 0.000000289. The second kappa shape index (κ2) is 14.6. The van der Waals surface area contributed by atoms with Crippen molar-refractivity contribution in [2.45, 2.75) is 40.5 Å². The second-order valence-corrected chi connectivity index (χ2v) is 10.4. The molecule has 0 bridgehead atoms. The van der Waals surface area contributed by atoms with E-state index in [1.54, 1.807) is 24.3 Å². The van der Waals surface area contributed by atoms with Gasteiger partial charge in [-0.3, -0.25) is 4.90 Å². The minimum absolute atomic E-state index is 0.143. The Morgan fingerprint density at radius 2 is 1.74 bits per heavy atom. The van der Waals surface area contributed by atoms with E-state index in [1.165, 1.54) is 11.1 Å². The van der Waals surface area contributed by atoms with Crippen molar-refractivity contribution >= 4 is 12.1 Å². The number of phenols is 1. The number of anilines is 1. The van der Waals surface area contributed by atoms with E-state index >= 15 is 0 Å². The molecule has 0 radical (unpaired) electrons. The van der Waals surface area contributed by atoms with E-state index < -0.39 is 0 Å². The van der Waals surface area contributed by atoms with Crippen molar-refractivity contribution < 1.29 is 14.6 Å². The molecule has 2 saturated heterocycles. The highest BCUT2D eigenvalue weighted by atomic mass is 16.5. The fourth-order valence-electron chi connectivity index (χ4n) is 4.75. The summed E-state index contributed by atoms with van der Waals surface area (Å²) in [7, 11) is 0. The number of carbonyl (C=O) groups is 1. The molecule has 2 fully saturated rings. The number of aldehydes is 1. The predicted octanol–water partition coefficient (Wildman–Crippen LogP) is 4.37. The summed E-state index contributed by atoms with van der Waals surface area (Å²) >= 11 is 0. The zero-order valence-electron chi connectivity index (χ0n) is 23.7. The third kappa shape index (κ3) is 8.50. The maximum Gasteiger partial charge on any atom is 0.188 e. The molecule has 0 unspecified atom stereocenters. The van der Waals surface area contributed by atoms with Crippen LogP contribution < -0.4 is 15.8 Å². The van der Waals surface area contributed by atoms with Gasteiger partial charge in [0.15, 0.2) is 11.6 Å². The van der Waals surface area contributed by atoms with Crippen LogP contribution in [0.2, 0.25) is 0 Å². The number of hydrogen-bond acceptors (Lipinski definition) is 8. The third-order valence-corrected chi connectivity index (χ3v) is 6.73. The quantitative estimate of drug-likeness (QED) is 0.348. The zero-order valence-corrected chi connectivity index (χ0v) is 23.7. The molecule has 1 spiro atoms. The van der Waals surface area contributed by atoms with E-state index in [2.05, 4.69) is 58.5 Å². The lowest BCUT2D eigenvalue weighted by Crippen LogP contribution is -2.71. The van der Waals surface area contributed by atoms with Crippen LogP contribution in [0, 0.1) is 11.3 Å². The van der Waals surface area contributed by atoms with Crippen LogP contribution in [0.4, 0.5) is 5.82 Å². The molecule has 210 valence electrons. The molecule has 5 rings (SSSR count). The molecule has 0 amide bonds. The fourth-order valence-corrected chi connectivity index (χ4v) is 4.75. The maximum absolute atomic E-state index is 10.1. The van der Waals surface area contributed by atoms with E-state index in [1.807, 2.05) is 19.9 Å². The van der Waals surface area contributed by atoms with Crippen LogP contribution in [0.25, 0.3) is 11.3 Å². The van der Waals surface area contributed by atoms with Gasteiger partial charge < -0.3 is 25.7 Å². The highest BCUT2D eigenvalue weighted by molar-refractivity contribution is 5.68. The summed E-state index contributed by atoms with van der Waals surface area (Å²) in [5.74, 6) is 1.50. The van der Waals surface area contributed by atoms with E-state index in [0.29, 0.717) is 41.5 Å². The highest BCUT2D eigenvalue weighted by Crippen LogP contribution is 2.33. The summed E-state index contributed by atoms with van der Waals surface area (Å²) in [6.07, 6.45) is 2.85. The second-order valence-electron chi connectivity index (χ2n) is 10.4. The van der Waals surface area contributed by atoms with Crippen molar-refractivity contribution in [2.24, 2.45) is 11.3 Å². The van der Waals surface area contributed by atoms with Crippen LogP contribution in [-0.4, -0.2) is 65.8 Å². The smallest absolute Gasteiger partial charge is 0.188 e. The number of phenolic OH excluding ortho intramolecular Hbond substituents is 1. The number of rotatable bonds is 9. The van der Waals surface area contributed by atoms with Gasteiger partial charge in [-0.05, 0) is 35.6 Å². The van der Waals surface area contributed by atoms with Crippen molar-refractivity contribution in [3.05, 3.63) is 65.7 Å². The Hall–Kier alpha value is -3.49. The van der Waals surface area contributed by atoms with Crippen LogP contribution in [-0.2, 0) is 17.6 Å². The van der Waals surface area contributed by atoms with Crippen LogP contribution in [0.3, 0.4) is 0 Å². The summed E-state index contributed by atoms with van der Waals surface area (Å²) in [5.41, 5.74) is 10.1. The van der Waals surface area contributed by atoms with Crippen LogP contribution in [0.5, 0.6) is 11.5 Å². The first-order valence-corrected chi connectivity index (χ1v) is 13.9. The number of carbonyl (C=O) groups excluding carboxylic acids is 1. The van der Waals surface area contributed by atoms with Gasteiger partial charge in [-0.1, -0.05) is 64.1 Å². The van der Waals surface area contributed by atoms with Gasteiger partial charge in [-0.15, -0.1) is 10.2 Å². The summed E-state index contributed by atoms with van der Waals surface area (Å²) in [5, 5.41) is 21.2. The SMILES string of the molecule is CC.CC(C)Cc1ccc(CCOc2cc(-c3ccccc3O)nnc2N)cc1.O=CCN1CC2(CNC2)C1. The summed E-state index contributed by atoms with van der Waals surface area (Å²) < 4.78 is 5.83. The van der Waals surface area contributed by atoms with Crippen molar-refractivity contribution in [2.75, 3.05) is 45.1 Å². The lowest BCUT2D eigenvalue weighted by atomic mass is 9.74. The molecule has 0 aliphatic carbocycles. The van der Waals surface area contributed by atoms with Crippen LogP contribution in [0.15, 0.2) is 54.6 Å². The predicted molar refractivity (Wildman–Crippen MR) is 157 cm³/mol. The Kier molecular flexibility index (Phi) is 11.3. The molecule has 2 aromatic carbocycles. The molecule has 0 saturated carbocycles. The first-order valence-electron chi connectivity index (χ1n) is 13.9. The molecule has 3 heterocycles. The average Bonchev–Trinajstić information content (AvgIpc) is 2.89. The van der Waals surface area contributed by atoms with Gasteiger partial charge in [0.2, 0.25) is 0 Å². The molecule has 8 nitrogen and oxygen atoms in total. The summed E-state index contributed by atoms with van der Waals surface area (Å²) in [4.78, 5) is 12.3. The average molecular weight is 534 g/mol. The highest BCUT2D eigenvalue weighted by Gasteiger charge is 2.46. The van der Waals surface area contributed by atoms with Crippen LogP contribution >= 0.6 is 0 Å². The standard InChI is InChI=1S/C22H25N3O2.C7H12N2O.C2H6/c1-15(2)13-17-9-7-16(8-10-17)11-12-27-21-14-19(24-25-22(21)23)18-5-3-4-6-20(18)26;10-2-1-9-5-7(6-9)3-8-4-7;1-2/h3-10,14-15,26H,11-13H2,1-2H3,(H2,23,25);2,8H,1,3-6H2;1-2H3. The Morgan fingerprint density at radius 1 is 1.08 bits per heavy atom.